The van der Waals surface area contributed by atoms with Crippen molar-refractivity contribution in [3.8, 4) is 0 Å². The van der Waals surface area contributed by atoms with Crippen LogP contribution in [0.4, 0.5) is 0 Å². The molecule has 0 saturated heterocycles. The summed E-state index contributed by atoms with van der Waals surface area (Å²) in [5, 5.41) is 17.1. The van der Waals surface area contributed by atoms with Gasteiger partial charge in [-0.2, -0.15) is 5.10 Å². The van der Waals surface area contributed by atoms with E-state index in [1.807, 2.05) is 19.4 Å². The van der Waals surface area contributed by atoms with Gasteiger partial charge in [-0.15, -0.1) is 0 Å². The Hall–Kier alpha value is -0.870. The Morgan fingerprint density at radius 2 is 2.47 bits per heavy atom. The van der Waals surface area contributed by atoms with Gasteiger partial charge in [0.2, 0.25) is 0 Å². The number of rotatable bonds is 6. The van der Waals surface area contributed by atoms with Gasteiger partial charge in [0, 0.05) is 25.8 Å². The quantitative estimate of drug-likeness (QED) is 0.716. The Morgan fingerprint density at radius 1 is 1.67 bits per heavy atom. The second kappa shape index (κ2) is 4.77. The molecule has 4 nitrogen and oxygen atoms in total. The molecular weight excluding hydrogens is 190 g/mol. The minimum absolute atomic E-state index is 0.231. The number of hydrogen-bond acceptors (Lipinski definition) is 3. The summed E-state index contributed by atoms with van der Waals surface area (Å²) in [5.74, 6) is 0. The summed E-state index contributed by atoms with van der Waals surface area (Å²) in [6, 6.07) is 0.679. The Kier molecular flexibility index (Phi) is 3.38. The molecule has 0 bridgehead atoms. The van der Waals surface area contributed by atoms with Crippen LogP contribution in [-0.2, 0) is 13.5 Å². The molecule has 0 aliphatic heterocycles. The Morgan fingerprint density at radius 3 is 3.07 bits per heavy atom. The Labute approximate surface area is 90.3 Å². The van der Waals surface area contributed by atoms with Crippen molar-refractivity contribution < 1.29 is 5.11 Å². The Balaban J connectivity index is 1.63. The van der Waals surface area contributed by atoms with Crippen LogP contribution in [0.5, 0.6) is 0 Å². The third kappa shape index (κ3) is 3.64. The fourth-order valence-corrected chi connectivity index (χ4v) is 1.63. The minimum atomic E-state index is -0.231. The van der Waals surface area contributed by atoms with E-state index in [1.165, 1.54) is 18.4 Å². The normalized spacial score (nSPS) is 18.0. The molecule has 0 amide bonds. The highest BCUT2D eigenvalue weighted by Gasteiger charge is 2.21. The summed E-state index contributed by atoms with van der Waals surface area (Å²) in [7, 11) is 1.91. The monoisotopic (exact) mass is 209 g/mol. The average molecular weight is 209 g/mol. The van der Waals surface area contributed by atoms with Crippen molar-refractivity contribution in [2.75, 3.05) is 6.54 Å². The average Bonchev–Trinajstić information content (AvgIpc) is 2.95. The summed E-state index contributed by atoms with van der Waals surface area (Å²) in [5.41, 5.74) is 1.20. The van der Waals surface area contributed by atoms with Crippen molar-refractivity contribution in [1.29, 1.82) is 0 Å². The van der Waals surface area contributed by atoms with Gasteiger partial charge < -0.3 is 10.4 Å². The van der Waals surface area contributed by atoms with Crippen LogP contribution in [0.15, 0.2) is 12.4 Å². The third-order valence-electron chi connectivity index (χ3n) is 2.74. The van der Waals surface area contributed by atoms with Crippen molar-refractivity contribution >= 4 is 0 Å². The molecule has 1 aromatic rings. The number of nitrogens with zero attached hydrogens (tertiary/aromatic N) is 2. The molecule has 1 atom stereocenters. The number of nitrogens with one attached hydrogen (secondary N) is 1. The van der Waals surface area contributed by atoms with Crippen LogP contribution in [0.2, 0.25) is 0 Å². The van der Waals surface area contributed by atoms with Crippen molar-refractivity contribution in [2.45, 2.75) is 37.8 Å². The van der Waals surface area contributed by atoms with E-state index in [0.29, 0.717) is 6.04 Å². The maximum Gasteiger partial charge on any atom is 0.0667 e. The summed E-state index contributed by atoms with van der Waals surface area (Å²) < 4.78 is 1.80. The molecule has 1 aliphatic rings. The van der Waals surface area contributed by atoms with Crippen molar-refractivity contribution in [3.63, 3.8) is 0 Å². The number of aryl methyl sites for hydroxylation is 2. The first-order valence-electron chi connectivity index (χ1n) is 5.63. The molecule has 1 aliphatic carbocycles. The smallest absolute Gasteiger partial charge is 0.0667 e. The zero-order chi connectivity index (χ0) is 10.7. The van der Waals surface area contributed by atoms with Gasteiger partial charge in [-0.1, -0.05) is 0 Å². The summed E-state index contributed by atoms with van der Waals surface area (Å²) in [6.45, 7) is 0.727. The van der Waals surface area contributed by atoms with Crippen LogP contribution >= 0.6 is 0 Å². The fraction of sp³-hybridized carbons (Fsp3) is 0.727. The van der Waals surface area contributed by atoms with Gasteiger partial charge in [-0.25, -0.2) is 0 Å². The van der Waals surface area contributed by atoms with Crippen LogP contribution in [0.25, 0.3) is 0 Å². The first-order valence-corrected chi connectivity index (χ1v) is 5.63. The molecule has 1 heterocycles. The highest BCUT2D eigenvalue weighted by Crippen LogP contribution is 2.18. The van der Waals surface area contributed by atoms with Gasteiger partial charge in [0.25, 0.3) is 0 Å². The molecular formula is C11H19N3O. The number of aromatic nitrogens is 2. The highest BCUT2D eigenvalue weighted by atomic mass is 16.3. The number of aliphatic hydroxyl groups excluding tert-OH is 1. The van der Waals surface area contributed by atoms with E-state index in [0.717, 1.165) is 19.4 Å². The van der Waals surface area contributed by atoms with Crippen molar-refractivity contribution in [3.05, 3.63) is 18.0 Å². The molecule has 4 heteroatoms. The van der Waals surface area contributed by atoms with E-state index in [1.54, 1.807) is 4.68 Å². The van der Waals surface area contributed by atoms with E-state index in [9.17, 15) is 5.11 Å². The molecule has 0 spiro atoms. The lowest BCUT2D eigenvalue weighted by Gasteiger charge is -2.10. The van der Waals surface area contributed by atoms with Gasteiger partial charge in [-0.05, 0) is 31.2 Å². The SMILES string of the molecule is Cn1cc(CCC(O)CNC2CC2)cn1. The zero-order valence-corrected chi connectivity index (χ0v) is 9.19. The fourth-order valence-electron chi connectivity index (χ4n) is 1.63. The second-order valence-electron chi connectivity index (χ2n) is 4.40. The van der Waals surface area contributed by atoms with Gasteiger partial charge >= 0.3 is 0 Å². The largest absolute Gasteiger partial charge is 0.392 e. The first kappa shape index (κ1) is 10.6. The van der Waals surface area contributed by atoms with E-state index < -0.39 is 0 Å². The van der Waals surface area contributed by atoms with E-state index in [2.05, 4.69) is 10.4 Å². The van der Waals surface area contributed by atoms with Crippen molar-refractivity contribution in [1.82, 2.24) is 15.1 Å². The summed E-state index contributed by atoms with van der Waals surface area (Å²) in [4.78, 5) is 0. The molecule has 2 N–H and O–H groups in total. The summed E-state index contributed by atoms with van der Waals surface area (Å²) >= 11 is 0. The molecule has 84 valence electrons. The first-order chi connectivity index (χ1) is 7.24. The third-order valence-corrected chi connectivity index (χ3v) is 2.74. The maximum absolute atomic E-state index is 9.70. The van der Waals surface area contributed by atoms with Crippen LogP contribution in [0, 0.1) is 0 Å². The molecule has 2 rings (SSSR count). The number of hydrogen-bond donors (Lipinski definition) is 2. The molecule has 1 aromatic heterocycles. The predicted molar refractivity (Wildman–Crippen MR) is 58.6 cm³/mol. The van der Waals surface area contributed by atoms with Crippen LogP contribution in [-0.4, -0.2) is 33.6 Å². The van der Waals surface area contributed by atoms with E-state index in [-0.39, 0.29) is 6.10 Å². The van der Waals surface area contributed by atoms with Gasteiger partial charge in [0.15, 0.2) is 0 Å². The Bertz CT molecular complexity index is 307. The van der Waals surface area contributed by atoms with Gasteiger partial charge in [0.1, 0.15) is 0 Å². The molecule has 1 fully saturated rings. The van der Waals surface area contributed by atoms with Gasteiger partial charge in [-0.3, -0.25) is 4.68 Å². The predicted octanol–water partition coefficient (Wildman–Crippen LogP) is 0.466. The molecule has 0 radical (unpaired) electrons. The molecule has 0 aromatic carbocycles. The van der Waals surface area contributed by atoms with Crippen LogP contribution < -0.4 is 5.32 Å². The molecule has 1 unspecified atom stereocenters. The number of aliphatic hydroxyl groups is 1. The van der Waals surface area contributed by atoms with E-state index in [4.69, 9.17) is 0 Å². The van der Waals surface area contributed by atoms with Gasteiger partial charge in [0.05, 0.1) is 12.3 Å². The topological polar surface area (TPSA) is 50.1 Å². The molecule has 15 heavy (non-hydrogen) atoms. The van der Waals surface area contributed by atoms with E-state index >= 15 is 0 Å². The highest BCUT2D eigenvalue weighted by molar-refractivity contribution is 5.03. The second-order valence-corrected chi connectivity index (χ2v) is 4.40. The van der Waals surface area contributed by atoms with Crippen molar-refractivity contribution in [2.24, 2.45) is 7.05 Å². The minimum Gasteiger partial charge on any atom is -0.392 e. The lowest BCUT2D eigenvalue weighted by molar-refractivity contribution is 0.161. The van der Waals surface area contributed by atoms with Crippen LogP contribution in [0.1, 0.15) is 24.8 Å². The maximum atomic E-state index is 9.70. The standard InChI is InChI=1S/C11H19N3O/c1-14-8-9(6-13-14)2-5-11(15)7-12-10-3-4-10/h6,8,10-12,15H,2-5,7H2,1H3. The van der Waals surface area contributed by atoms with Crippen LogP contribution in [0.3, 0.4) is 0 Å². The zero-order valence-electron chi connectivity index (χ0n) is 9.19. The summed E-state index contributed by atoms with van der Waals surface area (Å²) in [6.07, 6.45) is 7.89. The lowest BCUT2D eigenvalue weighted by atomic mass is 10.1. The lowest BCUT2D eigenvalue weighted by Crippen LogP contribution is -2.28. The molecule has 1 saturated carbocycles.